The Hall–Kier alpha value is -1.40. The maximum atomic E-state index is 11.9. The van der Waals surface area contributed by atoms with Crippen molar-refractivity contribution in [2.45, 2.75) is 25.7 Å². The van der Waals surface area contributed by atoms with Crippen LogP contribution in [0.25, 0.3) is 0 Å². The molecule has 2 rings (SSSR count). The van der Waals surface area contributed by atoms with Crippen LogP contribution in [-0.4, -0.2) is 42.9 Å². The van der Waals surface area contributed by atoms with Gasteiger partial charge in [0.2, 0.25) is 11.8 Å². The van der Waals surface area contributed by atoms with Crippen molar-refractivity contribution < 1.29 is 9.59 Å². The number of rotatable bonds is 5. The summed E-state index contributed by atoms with van der Waals surface area (Å²) in [6.45, 7) is 2.31. The Morgan fingerprint density at radius 1 is 1.05 bits per heavy atom. The van der Waals surface area contributed by atoms with Gasteiger partial charge in [-0.05, 0) is 54.0 Å². The Morgan fingerprint density at radius 3 is 2.41 bits per heavy atom. The number of carbonyl (C=O) groups excluding carboxylic acids is 2. The van der Waals surface area contributed by atoms with E-state index in [0.29, 0.717) is 12.2 Å². The van der Waals surface area contributed by atoms with E-state index in [1.807, 2.05) is 18.2 Å². The number of carbonyl (C=O) groups is 2. The zero-order chi connectivity index (χ0) is 15.8. The topological polar surface area (TPSA) is 61.4 Å². The quantitative estimate of drug-likeness (QED) is 0.839. The molecular weight excluding hydrogens is 346 g/mol. The van der Waals surface area contributed by atoms with Crippen LogP contribution in [0.15, 0.2) is 28.7 Å². The van der Waals surface area contributed by atoms with E-state index in [9.17, 15) is 9.59 Å². The van der Waals surface area contributed by atoms with Crippen molar-refractivity contribution in [1.29, 1.82) is 0 Å². The first-order chi connectivity index (χ1) is 10.6. The normalized spacial score (nSPS) is 15.9. The van der Waals surface area contributed by atoms with Crippen molar-refractivity contribution in [3.8, 4) is 0 Å². The lowest BCUT2D eigenvalue weighted by Crippen LogP contribution is -2.40. The lowest BCUT2D eigenvalue weighted by Gasteiger charge is -2.18. The zero-order valence-corrected chi connectivity index (χ0v) is 14.2. The summed E-state index contributed by atoms with van der Waals surface area (Å²) in [5, 5.41) is 5.45. The number of para-hydroxylation sites is 1. The van der Waals surface area contributed by atoms with E-state index in [2.05, 4.69) is 31.5 Å². The Labute approximate surface area is 139 Å². The summed E-state index contributed by atoms with van der Waals surface area (Å²) in [5.74, 6) is -0.319. The SMILES string of the molecule is O=C(CN1CCCCCC1)NCC(=O)Nc1ccccc1Br. The molecule has 2 N–H and O–H groups in total. The molecule has 0 radical (unpaired) electrons. The molecule has 1 saturated heterocycles. The van der Waals surface area contributed by atoms with Gasteiger partial charge in [0.1, 0.15) is 0 Å². The molecule has 1 aromatic carbocycles. The maximum Gasteiger partial charge on any atom is 0.243 e. The van der Waals surface area contributed by atoms with Crippen molar-refractivity contribution in [2.24, 2.45) is 0 Å². The summed E-state index contributed by atoms with van der Waals surface area (Å²) in [6.07, 6.45) is 4.78. The van der Waals surface area contributed by atoms with Crippen LogP contribution < -0.4 is 10.6 Å². The fraction of sp³-hybridized carbons (Fsp3) is 0.500. The second kappa shape index (κ2) is 8.90. The standard InChI is InChI=1S/C16H22BrN3O2/c17-13-7-3-4-8-14(13)19-15(21)11-18-16(22)12-20-9-5-1-2-6-10-20/h3-4,7-8H,1-2,5-6,9-12H2,(H,18,22)(H,19,21). The molecule has 0 unspecified atom stereocenters. The van der Waals surface area contributed by atoms with E-state index in [4.69, 9.17) is 0 Å². The van der Waals surface area contributed by atoms with Gasteiger partial charge < -0.3 is 10.6 Å². The van der Waals surface area contributed by atoms with Gasteiger partial charge in [0.15, 0.2) is 0 Å². The minimum Gasteiger partial charge on any atom is -0.346 e. The molecule has 0 aliphatic carbocycles. The maximum absolute atomic E-state index is 11.9. The summed E-state index contributed by atoms with van der Waals surface area (Å²) in [5.41, 5.74) is 0.703. The molecule has 5 nitrogen and oxygen atoms in total. The lowest BCUT2D eigenvalue weighted by molar-refractivity contribution is -0.125. The Morgan fingerprint density at radius 2 is 1.73 bits per heavy atom. The molecule has 6 heteroatoms. The highest BCUT2D eigenvalue weighted by Gasteiger charge is 2.13. The number of anilines is 1. The van der Waals surface area contributed by atoms with Crippen molar-refractivity contribution in [1.82, 2.24) is 10.2 Å². The van der Waals surface area contributed by atoms with Gasteiger partial charge >= 0.3 is 0 Å². The molecular formula is C16H22BrN3O2. The van der Waals surface area contributed by atoms with Gasteiger partial charge in [-0.2, -0.15) is 0 Å². The minimum absolute atomic E-state index is 0.00594. The van der Waals surface area contributed by atoms with Crippen LogP contribution in [0.3, 0.4) is 0 Å². The number of hydrogen-bond acceptors (Lipinski definition) is 3. The summed E-state index contributed by atoms with van der Waals surface area (Å²) < 4.78 is 0.819. The van der Waals surface area contributed by atoms with Gasteiger partial charge in [0.25, 0.3) is 0 Å². The van der Waals surface area contributed by atoms with Crippen molar-refractivity contribution >= 4 is 33.4 Å². The molecule has 0 atom stereocenters. The molecule has 1 heterocycles. The minimum atomic E-state index is -0.226. The summed E-state index contributed by atoms with van der Waals surface area (Å²) in [7, 11) is 0. The number of nitrogens with zero attached hydrogens (tertiary/aromatic N) is 1. The fourth-order valence-corrected chi connectivity index (χ4v) is 2.87. The molecule has 1 aliphatic rings. The molecule has 1 aliphatic heterocycles. The first kappa shape index (κ1) is 17.0. The van der Waals surface area contributed by atoms with Crippen LogP contribution in [0, 0.1) is 0 Å². The second-order valence-corrected chi connectivity index (χ2v) is 6.35. The van der Waals surface area contributed by atoms with Gasteiger partial charge in [-0.25, -0.2) is 0 Å². The van der Waals surface area contributed by atoms with Gasteiger partial charge in [0, 0.05) is 4.47 Å². The van der Waals surface area contributed by atoms with Crippen molar-refractivity contribution in [2.75, 3.05) is 31.5 Å². The van der Waals surface area contributed by atoms with Crippen LogP contribution >= 0.6 is 15.9 Å². The highest BCUT2D eigenvalue weighted by Crippen LogP contribution is 2.20. The van der Waals surface area contributed by atoms with E-state index in [1.54, 1.807) is 6.07 Å². The third-order valence-corrected chi connectivity index (χ3v) is 4.35. The third-order valence-electron chi connectivity index (χ3n) is 3.66. The number of benzene rings is 1. The summed E-state index contributed by atoms with van der Waals surface area (Å²) >= 11 is 3.37. The number of amides is 2. The molecule has 1 fully saturated rings. The lowest BCUT2D eigenvalue weighted by atomic mass is 10.2. The average molecular weight is 368 g/mol. The van der Waals surface area contributed by atoms with Gasteiger partial charge in [-0.3, -0.25) is 14.5 Å². The largest absolute Gasteiger partial charge is 0.346 e. The van der Waals surface area contributed by atoms with Crippen molar-refractivity contribution in [3.05, 3.63) is 28.7 Å². The number of hydrogen-bond donors (Lipinski definition) is 2. The van der Waals surface area contributed by atoms with Crippen LogP contribution in [0.4, 0.5) is 5.69 Å². The molecule has 0 aromatic heterocycles. The van der Waals surface area contributed by atoms with Crippen molar-refractivity contribution in [3.63, 3.8) is 0 Å². The second-order valence-electron chi connectivity index (χ2n) is 5.50. The monoisotopic (exact) mass is 367 g/mol. The molecule has 2 amide bonds. The molecule has 0 saturated carbocycles. The predicted octanol–water partition coefficient (Wildman–Crippen LogP) is 2.38. The van der Waals surface area contributed by atoms with Gasteiger partial charge in [0.05, 0.1) is 18.8 Å². The van der Waals surface area contributed by atoms with Gasteiger partial charge in [-0.1, -0.05) is 25.0 Å². The fourth-order valence-electron chi connectivity index (χ4n) is 2.49. The van der Waals surface area contributed by atoms with E-state index in [1.165, 1.54) is 12.8 Å². The van der Waals surface area contributed by atoms with Gasteiger partial charge in [-0.15, -0.1) is 0 Å². The first-order valence-corrected chi connectivity index (χ1v) is 8.48. The van der Waals surface area contributed by atoms with E-state index in [0.717, 1.165) is 30.4 Å². The van der Waals surface area contributed by atoms with Crippen LogP contribution in [0.5, 0.6) is 0 Å². The third kappa shape index (κ3) is 5.77. The van der Waals surface area contributed by atoms with Crippen LogP contribution in [0.2, 0.25) is 0 Å². The highest BCUT2D eigenvalue weighted by molar-refractivity contribution is 9.10. The molecule has 22 heavy (non-hydrogen) atoms. The smallest absolute Gasteiger partial charge is 0.243 e. The molecule has 0 bridgehead atoms. The summed E-state index contributed by atoms with van der Waals surface area (Å²) in [4.78, 5) is 25.9. The Balaban J connectivity index is 1.71. The number of nitrogens with one attached hydrogen (secondary N) is 2. The summed E-state index contributed by atoms with van der Waals surface area (Å²) in [6, 6.07) is 7.38. The first-order valence-electron chi connectivity index (χ1n) is 7.68. The molecule has 1 aromatic rings. The Kier molecular flexibility index (Phi) is 6.86. The Bertz CT molecular complexity index is 514. The number of halogens is 1. The van der Waals surface area contributed by atoms with Crippen LogP contribution in [0.1, 0.15) is 25.7 Å². The van der Waals surface area contributed by atoms with Crippen LogP contribution in [-0.2, 0) is 9.59 Å². The molecule has 0 spiro atoms. The molecule has 120 valence electrons. The zero-order valence-electron chi connectivity index (χ0n) is 12.6. The van der Waals surface area contributed by atoms with E-state index in [-0.39, 0.29) is 18.4 Å². The van der Waals surface area contributed by atoms with E-state index < -0.39 is 0 Å². The number of likely N-dealkylation sites (tertiary alicyclic amines) is 1. The average Bonchev–Trinajstić information content (AvgIpc) is 2.76. The predicted molar refractivity (Wildman–Crippen MR) is 90.7 cm³/mol. The van der Waals surface area contributed by atoms with E-state index >= 15 is 0 Å². The highest BCUT2D eigenvalue weighted by atomic mass is 79.9.